The maximum atomic E-state index is 10.7. The van der Waals surface area contributed by atoms with Crippen molar-refractivity contribution in [2.24, 2.45) is 5.10 Å². The van der Waals surface area contributed by atoms with E-state index >= 15 is 0 Å². The number of phenols is 1. The van der Waals surface area contributed by atoms with Crippen molar-refractivity contribution < 1.29 is 9.90 Å². The molecule has 2 N–H and O–H groups in total. The Kier molecular flexibility index (Phi) is 4.67. The minimum absolute atomic E-state index is 0.0175. The second-order valence-electron chi connectivity index (χ2n) is 5.18. The third-order valence-corrected chi connectivity index (χ3v) is 4.26. The number of aldehydes is 1. The van der Waals surface area contributed by atoms with Crippen molar-refractivity contribution in [1.29, 1.82) is 0 Å². The van der Waals surface area contributed by atoms with Crippen LogP contribution in [-0.2, 0) is 0 Å². The summed E-state index contributed by atoms with van der Waals surface area (Å²) in [6.45, 7) is 1.93. The summed E-state index contributed by atoms with van der Waals surface area (Å²) in [5, 5.41) is 16.6. The van der Waals surface area contributed by atoms with Gasteiger partial charge in [-0.2, -0.15) is 5.10 Å². The lowest BCUT2D eigenvalue weighted by molar-refractivity contribution is 0.112. The molecule has 2 aromatic carbocycles. The number of benzene rings is 2. The Hall–Kier alpha value is -2.99. The highest BCUT2D eigenvalue weighted by Gasteiger charge is 2.03. The monoisotopic (exact) mass is 337 g/mol. The number of aryl methyl sites for hydroxylation is 1. The van der Waals surface area contributed by atoms with Crippen LogP contribution >= 0.6 is 11.3 Å². The number of nitrogens with one attached hydrogen (secondary N) is 1. The molecule has 0 saturated heterocycles. The molecule has 3 rings (SSSR count). The van der Waals surface area contributed by atoms with E-state index in [1.807, 2.05) is 36.6 Å². The summed E-state index contributed by atoms with van der Waals surface area (Å²) in [5.41, 5.74) is 6.87. The standard InChI is InChI=1S/C18H15N3O2S/c1-12-11-24-18(20-12)21-19-9-13-2-4-14(5-3-13)15-6-7-16(10-22)17(23)8-15/h2-11,23H,1H3,(H,20,21). The first kappa shape index (κ1) is 15.9. The molecule has 0 radical (unpaired) electrons. The van der Waals surface area contributed by atoms with Gasteiger partial charge in [-0.05, 0) is 35.7 Å². The molecule has 0 atom stereocenters. The van der Waals surface area contributed by atoms with Gasteiger partial charge in [-0.3, -0.25) is 10.2 Å². The summed E-state index contributed by atoms with van der Waals surface area (Å²) in [6.07, 6.45) is 2.35. The number of rotatable bonds is 5. The minimum Gasteiger partial charge on any atom is -0.507 e. The summed E-state index contributed by atoms with van der Waals surface area (Å²) < 4.78 is 0. The molecule has 0 saturated carbocycles. The molecular weight excluding hydrogens is 322 g/mol. The first-order valence-corrected chi connectivity index (χ1v) is 8.13. The molecule has 24 heavy (non-hydrogen) atoms. The van der Waals surface area contributed by atoms with Gasteiger partial charge >= 0.3 is 0 Å². The SMILES string of the molecule is Cc1csc(NN=Cc2ccc(-c3ccc(C=O)c(O)c3)cc2)n1. The van der Waals surface area contributed by atoms with Gasteiger partial charge in [0.15, 0.2) is 6.29 Å². The van der Waals surface area contributed by atoms with Gasteiger partial charge in [0, 0.05) is 5.38 Å². The molecule has 1 heterocycles. The van der Waals surface area contributed by atoms with Gasteiger partial charge in [0.25, 0.3) is 0 Å². The van der Waals surface area contributed by atoms with Crippen molar-refractivity contribution in [2.45, 2.75) is 6.92 Å². The lowest BCUT2D eigenvalue weighted by Crippen LogP contribution is -1.90. The van der Waals surface area contributed by atoms with Crippen molar-refractivity contribution in [3.8, 4) is 16.9 Å². The van der Waals surface area contributed by atoms with E-state index in [9.17, 15) is 9.90 Å². The van der Waals surface area contributed by atoms with Crippen LogP contribution in [0.3, 0.4) is 0 Å². The molecule has 3 aromatic rings. The van der Waals surface area contributed by atoms with E-state index in [4.69, 9.17) is 0 Å². The van der Waals surface area contributed by atoms with Crippen molar-refractivity contribution in [3.63, 3.8) is 0 Å². The number of carbonyl (C=O) groups is 1. The molecule has 0 aliphatic rings. The molecule has 0 amide bonds. The molecule has 0 spiro atoms. The van der Waals surface area contributed by atoms with Gasteiger partial charge in [0.05, 0.1) is 17.5 Å². The molecule has 5 nitrogen and oxygen atoms in total. The molecule has 0 aliphatic carbocycles. The number of carbonyl (C=O) groups excluding carboxylic acids is 1. The predicted octanol–water partition coefficient (Wildman–Crippen LogP) is 4.08. The molecule has 0 fully saturated rings. The Morgan fingerprint density at radius 1 is 1.17 bits per heavy atom. The maximum absolute atomic E-state index is 10.7. The van der Waals surface area contributed by atoms with Crippen LogP contribution < -0.4 is 5.43 Å². The predicted molar refractivity (Wildman–Crippen MR) is 97.0 cm³/mol. The second-order valence-corrected chi connectivity index (χ2v) is 6.04. The number of aromatic nitrogens is 1. The van der Waals surface area contributed by atoms with E-state index in [0.29, 0.717) is 6.29 Å². The molecule has 1 aromatic heterocycles. The molecular formula is C18H15N3O2S. The van der Waals surface area contributed by atoms with Gasteiger partial charge in [0.1, 0.15) is 5.75 Å². The van der Waals surface area contributed by atoms with Crippen molar-refractivity contribution in [2.75, 3.05) is 5.43 Å². The summed E-state index contributed by atoms with van der Waals surface area (Å²) in [4.78, 5) is 15.0. The smallest absolute Gasteiger partial charge is 0.203 e. The number of thiazole rings is 1. The van der Waals surface area contributed by atoms with Gasteiger partial charge in [-0.1, -0.05) is 30.3 Å². The first-order chi connectivity index (χ1) is 11.7. The zero-order chi connectivity index (χ0) is 16.9. The lowest BCUT2D eigenvalue weighted by Gasteiger charge is -2.04. The Bertz CT molecular complexity index is 886. The number of aromatic hydroxyl groups is 1. The third kappa shape index (κ3) is 3.67. The third-order valence-electron chi connectivity index (χ3n) is 3.39. The van der Waals surface area contributed by atoms with Crippen LogP contribution in [0.1, 0.15) is 21.6 Å². The topological polar surface area (TPSA) is 74.6 Å². The van der Waals surface area contributed by atoms with Gasteiger partial charge in [-0.15, -0.1) is 11.3 Å². The highest BCUT2D eigenvalue weighted by Crippen LogP contribution is 2.25. The highest BCUT2D eigenvalue weighted by atomic mass is 32.1. The number of hydrogen-bond acceptors (Lipinski definition) is 6. The molecule has 0 unspecified atom stereocenters. The van der Waals surface area contributed by atoms with Crippen LogP contribution in [0.2, 0.25) is 0 Å². The fourth-order valence-corrected chi connectivity index (χ4v) is 2.79. The van der Waals surface area contributed by atoms with Gasteiger partial charge in [0.2, 0.25) is 5.13 Å². The van der Waals surface area contributed by atoms with E-state index in [1.165, 1.54) is 11.3 Å². The van der Waals surface area contributed by atoms with Crippen LogP contribution in [0.25, 0.3) is 11.1 Å². The molecule has 120 valence electrons. The average Bonchev–Trinajstić information content (AvgIpc) is 3.01. The van der Waals surface area contributed by atoms with Crippen LogP contribution in [0.4, 0.5) is 5.13 Å². The van der Waals surface area contributed by atoms with Crippen LogP contribution in [0, 0.1) is 6.92 Å². The van der Waals surface area contributed by atoms with Crippen LogP contribution in [-0.4, -0.2) is 22.6 Å². The van der Waals surface area contributed by atoms with E-state index in [0.717, 1.165) is 27.5 Å². The van der Waals surface area contributed by atoms with Crippen LogP contribution in [0.5, 0.6) is 5.75 Å². The van der Waals surface area contributed by atoms with Crippen LogP contribution in [0.15, 0.2) is 52.9 Å². The van der Waals surface area contributed by atoms with Gasteiger partial charge < -0.3 is 5.11 Å². The summed E-state index contributed by atoms with van der Waals surface area (Å²) in [5.74, 6) is -0.0175. The molecule has 0 aliphatic heterocycles. The fraction of sp³-hybridized carbons (Fsp3) is 0.0556. The Balaban J connectivity index is 1.71. The number of anilines is 1. The van der Waals surface area contributed by atoms with E-state index in [2.05, 4.69) is 15.5 Å². The number of nitrogens with zero attached hydrogens (tertiary/aromatic N) is 2. The lowest BCUT2D eigenvalue weighted by atomic mass is 10.0. The average molecular weight is 337 g/mol. The number of hydrazone groups is 1. The highest BCUT2D eigenvalue weighted by molar-refractivity contribution is 7.13. The number of phenolic OH excluding ortho intramolecular Hbond substituents is 1. The van der Waals surface area contributed by atoms with Crippen molar-refractivity contribution in [1.82, 2.24) is 4.98 Å². The molecule has 0 bridgehead atoms. The summed E-state index contributed by atoms with van der Waals surface area (Å²) in [6, 6.07) is 12.7. The van der Waals surface area contributed by atoms with Crippen molar-refractivity contribution >= 4 is 29.0 Å². The second kappa shape index (κ2) is 7.06. The largest absolute Gasteiger partial charge is 0.507 e. The van der Waals surface area contributed by atoms with E-state index in [-0.39, 0.29) is 11.3 Å². The summed E-state index contributed by atoms with van der Waals surface area (Å²) >= 11 is 1.50. The Morgan fingerprint density at radius 2 is 1.92 bits per heavy atom. The van der Waals surface area contributed by atoms with Crippen molar-refractivity contribution in [3.05, 3.63) is 64.7 Å². The minimum atomic E-state index is -0.0175. The number of hydrogen-bond donors (Lipinski definition) is 2. The Labute approximate surface area is 143 Å². The maximum Gasteiger partial charge on any atom is 0.203 e. The van der Waals surface area contributed by atoms with Gasteiger partial charge in [-0.25, -0.2) is 4.98 Å². The van der Waals surface area contributed by atoms with E-state index < -0.39 is 0 Å². The first-order valence-electron chi connectivity index (χ1n) is 7.25. The zero-order valence-corrected chi connectivity index (χ0v) is 13.7. The fourth-order valence-electron chi connectivity index (χ4n) is 2.15. The zero-order valence-electron chi connectivity index (χ0n) is 12.9. The Morgan fingerprint density at radius 3 is 2.54 bits per heavy atom. The summed E-state index contributed by atoms with van der Waals surface area (Å²) in [7, 11) is 0. The van der Waals surface area contributed by atoms with E-state index in [1.54, 1.807) is 24.4 Å². The quantitative estimate of drug-likeness (QED) is 0.418. The molecule has 6 heteroatoms. The normalized spacial score (nSPS) is 10.9.